The number of fused-ring (bicyclic) bond motifs is 6. The molecule has 1 heterocycles. The maximum atomic E-state index is 2.79. The molecule has 0 bridgehead atoms. The van der Waals surface area contributed by atoms with Crippen LogP contribution in [0, 0.1) is 0 Å². The molecule has 2 unspecified atom stereocenters. The minimum atomic E-state index is -3.14. The quantitative estimate of drug-likeness (QED) is 0.180. The normalized spacial score (nSPS) is 21.5. The second kappa shape index (κ2) is 9.47. The van der Waals surface area contributed by atoms with E-state index in [0.717, 1.165) is 0 Å². The molecule has 42 heavy (non-hydrogen) atoms. The Morgan fingerprint density at radius 1 is 0.500 bits per heavy atom. The molecule has 3 aliphatic rings. The van der Waals surface area contributed by atoms with Gasteiger partial charge in [0.15, 0.2) is 0 Å². The molecular weight excluding hydrogens is 687 g/mol. The van der Waals surface area contributed by atoms with Gasteiger partial charge in [-0.1, -0.05) is 0 Å². The fourth-order valence-electron chi connectivity index (χ4n) is 9.99. The van der Waals surface area contributed by atoms with E-state index in [1.165, 1.54) is 33.4 Å². The van der Waals surface area contributed by atoms with Crippen molar-refractivity contribution in [3.63, 3.8) is 0 Å². The van der Waals surface area contributed by atoms with Crippen molar-refractivity contribution in [3.8, 4) is 22.3 Å². The monoisotopic (exact) mass is 732 g/mol. The third kappa shape index (κ3) is 3.73. The summed E-state index contributed by atoms with van der Waals surface area (Å²) in [6.07, 6.45) is 5.51. The molecule has 0 spiro atoms. The van der Waals surface area contributed by atoms with Crippen LogP contribution in [-0.4, -0.2) is 8.07 Å². The molecule has 7 rings (SSSR count). The van der Waals surface area contributed by atoms with Gasteiger partial charge in [-0.3, -0.25) is 0 Å². The van der Waals surface area contributed by atoms with Gasteiger partial charge in [-0.2, -0.15) is 0 Å². The zero-order valence-corrected chi connectivity index (χ0v) is 31.1. The molecule has 1 fully saturated rings. The molecule has 4 aromatic carbocycles. The van der Waals surface area contributed by atoms with E-state index in [1.807, 2.05) is 10.4 Å². The Hall–Kier alpha value is -2.55. The van der Waals surface area contributed by atoms with Crippen LogP contribution in [0.3, 0.4) is 0 Å². The van der Waals surface area contributed by atoms with Crippen LogP contribution in [-0.2, 0) is 20.0 Å². The van der Waals surface area contributed by atoms with E-state index >= 15 is 0 Å². The topological polar surface area (TPSA) is 0 Å². The third-order valence-electron chi connectivity index (χ3n) is 10.9. The van der Waals surface area contributed by atoms with E-state index in [4.69, 9.17) is 0 Å². The molecular formula is C40H44HfSi. The van der Waals surface area contributed by atoms with Crippen molar-refractivity contribution in [2.24, 2.45) is 0 Å². The average molecular weight is 731 g/mol. The number of rotatable bonds is 2. The first-order chi connectivity index (χ1) is 19.9. The predicted molar refractivity (Wildman–Crippen MR) is 182 cm³/mol. The summed E-state index contributed by atoms with van der Waals surface area (Å²) in [6.45, 7) is 15.5. The van der Waals surface area contributed by atoms with Crippen LogP contribution in [0.25, 0.3) is 34.4 Å². The van der Waals surface area contributed by atoms with Crippen LogP contribution in [0.1, 0.15) is 71.1 Å². The molecule has 1 saturated heterocycles. The molecule has 2 heteroatoms. The van der Waals surface area contributed by atoms with Crippen molar-refractivity contribution in [1.82, 2.24) is 0 Å². The van der Waals surface area contributed by atoms with Gasteiger partial charge in [0.2, 0.25) is 0 Å². The van der Waals surface area contributed by atoms with Gasteiger partial charge in [0.1, 0.15) is 0 Å². The van der Waals surface area contributed by atoms with Crippen LogP contribution in [0.5, 0.6) is 0 Å². The average Bonchev–Trinajstić information content (AvgIpc) is 3.53. The van der Waals surface area contributed by atoms with Crippen LogP contribution < -0.4 is 0 Å². The van der Waals surface area contributed by atoms with Gasteiger partial charge in [0.05, 0.1) is 0 Å². The Bertz CT molecular complexity index is 1630. The first-order valence-electron chi connectivity index (χ1n) is 15.7. The number of hydrogen-bond donors (Lipinski definition) is 0. The minimum absolute atomic E-state index is 0.174. The van der Waals surface area contributed by atoms with Crippen LogP contribution >= 0.6 is 0 Å². The van der Waals surface area contributed by atoms with Crippen LogP contribution in [0.15, 0.2) is 107 Å². The Balaban J connectivity index is 1.57. The predicted octanol–water partition coefficient (Wildman–Crippen LogP) is 12.0. The molecule has 0 nitrogen and oxygen atoms in total. The Morgan fingerprint density at radius 2 is 0.881 bits per heavy atom. The second-order valence-corrected chi connectivity index (χ2v) is 38.4. The van der Waals surface area contributed by atoms with Gasteiger partial charge in [0, 0.05) is 0 Å². The Labute approximate surface area is 258 Å². The Morgan fingerprint density at radius 3 is 1.24 bits per heavy atom. The molecule has 1 aliphatic heterocycles. The molecule has 4 aromatic rings. The molecule has 2 aliphatic carbocycles. The zero-order valence-electron chi connectivity index (χ0n) is 26.5. The van der Waals surface area contributed by atoms with Gasteiger partial charge >= 0.3 is 260 Å². The van der Waals surface area contributed by atoms with Crippen LogP contribution in [0.2, 0.25) is 19.4 Å². The van der Waals surface area contributed by atoms with Crippen molar-refractivity contribution in [2.45, 2.75) is 68.3 Å². The summed E-state index contributed by atoms with van der Waals surface area (Å²) in [5.74, 6) is 0. The Kier molecular flexibility index (Phi) is 6.37. The van der Waals surface area contributed by atoms with Gasteiger partial charge in [0.25, 0.3) is 0 Å². The van der Waals surface area contributed by atoms with Crippen LogP contribution in [0.4, 0.5) is 0 Å². The summed E-state index contributed by atoms with van der Waals surface area (Å²) in [6, 6.07) is 36.6. The van der Waals surface area contributed by atoms with Crippen molar-refractivity contribution in [2.75, 3.05) is 0 Å². The van der Waals surface area contributed by atoms with Gasteiger partial charge in [-0.15, -0.1) is 0 Å². The summed E-state index contributed by atoms with van der Waals surface area (Å²) < 4.78 is 6.83. The van der Waals surface area contributed by atoms with Gasteiger partial charge < -0.3 is 0 Å². The van der Waals surface area contributed by atoms with E-state index in [0.29, 0.717) is 7.35 Å². The SMILES string of the molecule is CC(C)(C)[Si]1(C(C)(C)C)C2=Cc3c(-c4ccccc4)cccc3[CH]2[Hf]([CH3])([CH3])[CH]2C1=Cc1c(-c3ccccc3)cccc12. The van der Waals surface area contributed by atoms with Crippen molar-refractivity contribution in [1.29, 1.82) is 0 Å². The second-order valence-electron chi connectivity index (χ2n) is 15.5. The number of benzene rings is 4. The molecule has 0 amide bonds. The van der Waals surface area contributed by atoms with Crippen molar-refractivity contribution in [3.05, 3.63) is 130 Å². The molecule has 212 valence electrons. The molecule has 0 aromatic heterocycles. The summed E-state index contributed by atoms with van der Waals surface area (Å²) in [7, 11) is -2.30. The van der Waals surface area contributed by atoms with E-state index < -0.39 is 28.0 Å². The molecule has 0 radical (unpaired) electrons. The summed E-state index contributed by atoms with van der Waals surface area (Å²) >= 11 is -3.14. The van der Waals surface area contributed by atoms with E-state index in [1.54, 1.807) is 11.1 Å². The molecule has 2 atom stereocenters. The first-order valence-corrected chi connectivity index (χ1v) is 29.0. The molecule has 0 saturated carbocycles. The van der Waals surface area contributed by atoms with E-state index in [9.17, 15) is 0 Å². The first kappa shape index (κ1) is 28.2. The van der Waals surface area contributed by atoms with E-state index in [-0.39, 0.29) is 10.1 Å². The summed E-state index contributed by atoms with van der Waals surface area (Å²) in [5, 5.41) is 4.05. The molecule has 0 N–H and O–H groups in total. The zero-order chi connectivity index (χ0) is 29.7. The van der Waals surface area contributed by atoms with Crippen molar-refractivity contribution < 1.29 is 20.0 Å². The number of hydrogen-bond acceptors (Lipinski definition) is 0. The van der Waals surface area contributed by atoms with Crippen molar-refractivity contribution >= 4 is 20.2 Å². The third-order valence-corrected chi connectivity index (χ3v) is 35.2. The maximum absolute atomic E-state index is 3.14. The fourth-order valence-corrected chi connectivity index (χ4v) is 43.8. The fraction of sp³-hybridized carbons (Fsp3) is 0.300. The standard InChI is InChI=1S/C38H38Si.2CH3.Hf/c1-37(2,3)39(38(4,5)6,31-23-29-19-13-21-33(35(29)25-31)27-15-9-7-10-16-27)32-24-30-20-14-22-34(36(30)26-32)28-17-11-8-12-18-28;;;/h7-26H,1-6H3;2*1H3;. The van der Waals surface area contributed by atoms with Gasteiger partial charge in [-0.05, 0) is 0 Å². The van der Waals surface area contributed by atoms with E-state index in [2.05, 4.69) is 160 Å². The summed E-state index contributed by atoms with van der Waals surface area (Å²) in [4.78, 5) is 0. The van der Waals surface area contributed by atoms with Gasteiger partial charge in [-0.25, -0.2) is 0 Å². The summed E-state index contributed by atoms with van der Waals surface area (Å²) in [5.41, 5.74) is 11.8. The number of allylic oxidation sites excluding steroid dienone is 2.